The number of ether oxygens (including phenoxy) is 3. The van der Waals surface area contributed by atoms with Gasteiger partial charge in [-0.15, -0.1) is 0 Å². The van der Waals surface area contributed by atoms with Gasteiger partial charge in [-0.1, -0.05) is 6.92 Å². The summed E-state index contributed by atoms with van der Waals surface area (Å²) in [5.41, 5.74) is -0.445. The van der Waals surface area contributed by atoms with Gasteiger partial charge in [-0.2, -0.15) is 0 Å². The molecule has 24 heavy (non-hydrogen) atoms. The number of rotatable bonds is 5. The van der Waals surface area contributed by atoms with Crippen LogP contribution in [0.4, 0.5) is 0 Å². The third-order valence-corrected chi connectivity index (χ3v) is 4.56. The average Bonchev–Trinajstić information content (AvgIpc) is 2.81. The van der Waals surface area contributed by atoms with E-state index in [1.165, 1.54) is 7.11 Å². The van der Waals surface area contributed by atoms with E-state index in [9.17, 15) is 14.4 Å². The third-order valence-electron chi connectivity index (χ3n) is 4.56. The Balaban J connectivity index is 2.33. The molecular formula is C18H22O6. The highest BCUT2D eigenvalue weighted by Gasteiger charge is 2.57. The normalized spacial score (nSPS) is 23.3. The topological polar surface area (TPSA) is 78.9 Å². The number of carbonyl (C=O) groups is 3. The summed E-state index contributed by atoms with van der Waals surface area (Å²) in [4.78, 5) is 36.9. The summed E-state index contributed by atoms with van der Waals surface area (Å²) < 4.78 is 15.1. The van der Waals surface area contributed by atoms with Gasteiger partial charge >= 0.3 is 11.9 Å². The monoisotopic (exact) mass is 334 g/mol. The van der Waals surface area contributed by atoms with Crippen molar-refractivity contribution in [2.75, 3.05) is 14.2 Å². The van der Waals surface area contributed by atoms with Crippen molar-refractivity contribution in [1.82, 2.24) is 0 Å². The molecule has 130 valence electrons. The van der Waals surface area contributed by atoms with Crippen molar-refractivity contribution in [2.24, 2.45) is 17.8 Å². The maximum Gasteiger partial charge on any atom is 0.321 e. The number of ketones is 1. The first-order chi connectivity index (χ1) is 11.2. The van der Waals surface area contributed by atoms with Crippen LogP contribution >= 0.6 is 0 Å². The maximum absolute atomic E-state index is 12.8. The second kappa shape index (κ2) is 6.63. The molecule has 0 radical (unpaired) electrons. The van der Waals surface area contributed by atoms with Gasteiger partial charge in [-0.05, 0) is 38.1 Å². The Bertz CT molecular complexity index is 646. The number of cyclic esters (lactones) is 1. The molecule has 0 N–H and O–H groups in total. The van der Waals surface area contributed by atoms with Gasteiger partial charge in [0.1, 0.15) is 11.4 Å². The molecule has 1 aromatic carbocycles. The van der Waals surface area contributed by atoms with Gasteiger partial charge < -0.3 is 14.2 Å². The fourth-order valence-electron chi connectivity index (χ4n) is 3.38. The lowest BCUT2D eigenvalue weighted by Gasteiger charge is -2.30. The van der Waals surface area contributed by atoms with Crippen LogP contribution in [0.15, 0.2) is 24.3 Å². The molecule has 1 aliphatic rings. The van der Waals surface area contributed by atoms with Crippen molar-refractivity contribution in [2.45, 2.75) is 26.4 Å². The van der Waals surface area contributed by atoms with E-state index in [2.05, 4.69) is 0 Å². The van der Waals surface area contributed by atoms with Gasteiger partial charge in [0.2, 0.25) is 0 Å². The van der Waals surface area contributed by atoms with E-state index in [1.807, 2.05) is 0 Å². The van der Waals surface area contributed by atoms with Crippen LogP contribution in [0.25, 0.3) is 0 Å². The number of esters is 2. The molecule has 1 fully saturated rings. The van der Waals surface area contributed by atoms with E-state index in [-0.39, 0.29) is 5.78 Å². The smallest absolute Gasteiger partial charge is 0.321 e. The number of benzene rings is 1. The molecular weight excluding hydrogens is 312 g/mol. The fourth-order valence-corrected chi connectivity index (χ4v) is 3.38. The first-order valence-electron chi connectivity index (χ1n) is 7.72. The van der Waals surface area contributed by atoms with Crippen molar-refractivity contribution in [3.63, 3.8) is 0 Å². The second-order valence-electron chi connectivity index (χ2n) is 6.43. The summed E-state index contributed by atoms with van der Waals surface area (Å²) in [6.07, 6.45) is 0. The summed E-state index contributed by atoms with van der Waals surface area (Å²) in [5, 5.41) is 0. The van der Waals surface area contributed by atoms with Crippen LogP contribution in [0.5, 0.6) is 5.75 Å². The van der Waals surface area contributed by atoms with Gasteiger partial charge in [0, 0.05) is 17.4 Å². The predicted octanol–water partition coefficient (Wildman–Crippen LogP) is 2.25. The van der Waals surface area contributed by atoms with E-state index in [1.54, 1.807) is 52.1 Å². The highest BCUT2D eigenvalue weighted by molar-refractivity contribution is 6.01. The SMILES string of the molecule is COC(=O)[C@@H]1C(=O)OC(C)(C)[C@H]1[C@H](C)C(=O)c1ccc(OC)cc1. The highest BCUT2D eigenvalue weighted by Crippen LogP contribution is 2.43. The van der Waals surface area contributed by atoms with E-state index in [0.717, 1.165) is 0 Å². The van der Waals surface area contributed by atoms with Gasteiger partial charge in [0.05, 0.1) is 14.2 Å². The van der Waals surface area contributed by atoms with Crippen LogP contribution in [0.3, 0.4) is 0 Å². The van der Waals surface area contributed by atoms with E-state index in [0.29, 0.717) is 11.3 Å². The molecule has 1 aliphatic heterocycles. The summed E-state index contributed by atoms with van der Waals surface area (Å²) in [5.74, 6) is -3.14. The van der Waals surface area contributed by atoms with E-state index < -0.39 is 35.3 Å². The van der Waals surface area contributed by atoms with Crippen LogP contribution < -0.4 is 4.74 Å². The van der Waals surface area contributed by atoms with Crippen molar-refractivity contribution in [3.8, 4) is 5.75 Å². The standard InChI is InChI=1S/C18H22O6/c1-10(15(19)11-6-8-12(22-4)9-7-11)14-13(16(20)23-5)17(21)24-18(14,2)3/h6-10,13-14H,1-5H3/t10-,13+,14-/m0/s1. The number of hydrogen-bond donors (Lipinski definition) is 0. The number of methoxy groups -OCH3 is 2. The first kappa shape index (κ1) is 18.0. The molecule has 0 aromatic heterocycles. The molecule has 0 bridgehead atoms. The van der Waals surface area contributed by atoms with Gasteiger partial charge in [-0.25, -0.2) is 0 Å². The van der Waals surface area contributed by atoms with E-state index >= 15 is 0 Å². The zero-order valence-electron chi connectivity index (χ0n) is 14.5. The van der Waals surface area contributed by atoms with Crippen LogP contribution in [-0.2, 0) is 19.1 Å². The molecule has 2 rings (SSSR count). The van der Waals surface area contributed by atoms with Gasteiger partial charge in [0.25, 0.3) is 0 Å². The summed E-state index contributed by atoms with van der Waals surface area (Å²) in [6, 6.07) is 6.71. The third kappa shape index (κ3) is 3.13. The predicted molar refractivity (Wildman–Crippen MR) is 85.7 cm³/mol. The zero-order chi connectivity index (χ0) is 18.1. The molecule has 0 unspecified atom stereocenters. The molecule has 0 saturated carbocycles. The molecule has 0 spiro atoms. The number of Topliss-reactive ketones (excluding diaryl/α,β-unsaturated/α-hetero) is 1. The Hall–Kier alpha value is -2.37. The minimum atomic E-state index is -1.10. The summed E-state index contributed by atoms with van der Waals surface area (Å²) in [6.45, 7) is 5.11. The molecule has 3 atom stereocenters. The van der Waals surface area contributed by atoms with Crippen LogP contribution in [0.2, 0.25) is 0 Å². The lowest BCUT2D eigenvalue weighted by molar-refractivity contribution is -0.156. The van der Waals surface area contributed by atoms with E-state index in [4.69, 9.17) is 14.2 Å². The van der Waals surface area contributed by atoms with Crippen molar-refractivity contribution in [1.29, 1.82) is 0 Å². The fraction of sp³-hybridized carbons (Fsp3) is 0.500. The minimum Gasteiger partial charge on any atom is -0.497 e. The van der Waals surface area contributed by atoms with Crippen LogP contribution in [0, 0.1) is 17.8 Å². The molecule has 1 saturated heterocycles. The largest absolute Gasteiger partial charge is 0.497 e. The minimum absolute atomic E-state index is 0.164. The lowest BCUT2D eigenvalue weighted by Crippen LogP contribution is -2.41. The average molecular weight is 334 g/mol. The molecule has 0 amide bonds. The van der Waals surface area contributed by atoms with Crippen LogP contribution in [0.1, 0.15) is 31.1 Å². The number of hydrogen-bond acceptors (Lipinski definition) is 6. The summed E-state index contributed by atoms with van der Waals surface area (Å²) in [7, 11) is 2.76. The van der Waals surface area contributed by atoms with Crippen molar-refractivity contribution in [3.05, 3.63) is 29.8 Å². The Morgan fingerprint density at radius 2 is 1.75 bits per heavy atom. The molecule has 1 aromatic rings. The Kier molecular flexibility index (Phi) is 4.96. The summed E-state index contributed by atoms with van der Waals surface area (Å²) >= 11 is 0. The quantitative estimate of drug-likeness (QED) is 0.467. The zero-order valence-corrected chi connectivity index (χ0v) is 14.5. The molecule has 6 heteroatoms. The maximum atomic E-state index is 12.8. The van der Waals surface area contributed by atoms with Crippen molar-refractivity contribution >= 4 is 17.7 Å². The Morgan fingerprint density at radius 1 is 1.17 bits per heavy atom. The van der Waals surface area contributed by atoms with Crippen LogP contribution in [-0.4, -0.2) is 37.5 Å². The lowest BCUT2D eigenvalue weighted by atomic mass is 9.72. The van der Waals surface area contributed by atoms with Gasteiger partial charge in [0.15, 0.2) is 11.7 Å². The van der Waals surface area contributed by atoms with Gasteiger partial charge in [-0.3, -0.25) is 14.4 Å². The van der Waals surface area contributed by atoms with Crippen molar-refractivity contribution < 1.29 is 28.6 Å². The second-order valence-corrected chi connectivity index (χ2v) is 6.43. The molecule has 6 nitrogen and oxygen atoms in total. The number of carbonyl (C=O) groups excluding carboxylic acids is 3. The molecule has 1 heterocycles. The first-order valence-corrected chi connectivity index (χ1v) is 7.72. The Labute approximate surface area is 141 Å². The highest BCUT2D eigenvalue weighted by atomic mass is 16.6. The molecule has 0 aliphatic carbocycles. The Morgan fingerprint density at radius 3 is 2.25 bits per heavy atom.